The number of nitrogens with zero attached hydrogens (tertiary/aromatic N) is 6. The van der Waals surface area contributed by atoms with Crippen LogP contribution in [-0.4, -0.2) is 63.7 Å². The lowest BCUT2D eigenvalue weighted by atomic mass is 10.1. The molecule has 9 heteroatoms. The van der Waals surface area contributed by atoms with Crippen LogP contribution in [0, 0.1) is 6.92 Å². The molecule has 7 rings (SSSR count). The van der Waals surface area contributed by atoms with Gasteiger partial charge in [-0.05, 0) is 62.0 Å². The summed E-state index contributed by atoms with van der Waals surface area (Å²) in [6, 6.07) is 16.5. The Kier molecular flexibility index (Phi) is 5.33. The first-order valence-corrected chi connectivity index (χ1v) is 12.9. The number of ether oxygens (including phenoxy) is 2. The number of aryl methyl sites for hydroxylation is 2. The van der Waals surface area contributed by atoms with Crippen LogP contribution in [0.25, 0.3) is 21.9 Å². The van der Waals surface area contributed by atoms with Crippen molar-refractivity contribution in [2.24, 2.45) is 7.05 Å². The van der Waals surface area contributed by atoms with Gasteiger partial charge < -0.3 is 29.2 Å². The summed E-state index contributed by atoms with van der Waals surface area (Å²) in [5.41, 5.74) is 5.87. The van der Waals surface area contributed by atoms with E-state index in [9.17, 15) is 0 Å². The fourth-order valence-corrected chi connectivity index (χ4v) is 5.51. The van der Waals surface area contributed by atoms with Crippen molar-refractivity contribution in [3.63, 3.8) is 0 Å². The Labute approximate surface area is 220 Å². The zero-order chi connectivity index (χ0) is 25.8. The molecule has 0 amide bonds. The minimum absolute atomic E-state index is 0.355. The number of imidazole rings is 1. The predicted molar refractivity (Wildman–Crippen MR) is 149 cm³/mol. The van der Waals surface area contributed by atoms with Crippen molar-refractivity contribution in [2.75, 3.05) is 43.5 Å². The van der Waals surface area contributed by atoms with Crippen molar-refractivity contribution >= 4 is 39.1 Å². The molecule has 2 aliphatic rings. The predicted octanol–water partition coefficient (Wildman–Crippen LogP) is 4.87. The number of hydrogen-bond acceptors (Lipinski definition) is 8. The highest BCUT2D eigenvalue weighted by atomic mass is 16.5. The number of hydrogen-bond donors (Lipinski definition) is 1. The molecule has 1 fully saturated rings. The van der Waals surface area contributed by atoms with Crippen LogP contribution >= 0.6 is 0 Å². The molecule has 0 bridgehead atoms. The first-order valence-electron chi connectivity index (χ1n) is 12.9. The van der Waals surface area contributed by atoms with Gasteiger partial charge in [0.15, 0.2) is 5.75 Å². The van der Waals surface area contributed by atoms with Crippen LogP contribution in [0.3, 0.4) is 0 Å². The molecule has 192 valence electrons. The monoisotopic (exact) mass is 507 g/mol. The van der Waals surface area contributed by atoms with E-state index in [0.717, 1.165) is 81.6 Å². The molecule has 1 unspecified atom stereocenters. The summed E-state index contributed by atoms with van der Waals surface area (Å²) in [6.45, 7) is 5.70. The summed E-state index contributed by atoms with van der Waals surface area (Å²) in [5, 5.41) is 4.42. The van der Waals surface area contributed by atoms with Crippen LogP contribution < -0.4 is 19.7 Å². The highest BCUT2D eigenvalue weighted by Gasteiger charge is 2.33. The van der Waals surface area contributed by atoms with E-state index in [1.807, 2.05) is 55.2 Å². The Balaban J connectivity index is 1.18. The van der Waals surface area contributed by atoms with E-state index in [0.29, 0.717) is 12.6 Å². The Morgan fingerprint density at radius 2 is 1.89 bits per heavy atom. The maximum Gasteiger partial charge on any atom is 0.155 e. The van der Waals surface area contributed by atoms with E-state index in [-0.39, 0.29) is 0 Å². The van der Waals surface area contributed by atoms with E-state index >= 15 is 0 Å². The molecule has 1 N–H and O–H groups in total. The second kappa shape index (κ2) is 8.88. The van der Waals surface area contributed by atoms with Gasteiger partial charge in [-0.1, -0.05) is 0 Å². The van der Waals surface area contributed by atoms with Gasteiger partial charge in [-0.25, -0.2) is 15.0 Å². The minimum atomic E-state index is 0.355. The Hall–Kier alpha value is -4.37. The molecule has 2 aromatic heterocycles. The molecule has 38 heavy (non-hydrogen) atoms. The van der Waals surface area contributed by atoms with Crippen molar-refractivity contribution in [2.45, 2.75) is 13.0 Å². The zero-order valence-electron chi connectivity index (χ0n) is 21.7. The number of benzene rings is 3. The first-order chi connectivity index (χ1) is 18.5. The lowest BCUT2D eigenvalue weighted by Crippen LogP contribution is -2.56. The molecule has 0 spiro atoms. The van der Waals surface area contributed by atoms with E-state index in [2.05, 4.69) is 55.3 Å². The molecule has 0 saturated carbocycles. The average molecular weight is 508 g/mol. The van der Waals surface area contributed by atoms with Crippen molar-refractivity contribution in [1.29, 1.82) is 0 Å². The molecule has 3 aromatic carbocycles. The Bertz CT molecular complexity index is 1680. The summed E-state index contributed by atoms with van der Waals surface area (Å²) in [4.78, 5) is 18.4. The standard InChI is InChI=1S/C29H29N7O2/c1-18-12-19(4-9-26(18)38-21-5-7-24-23(13-21)32-17-35(24)3)33-29-27-22(30-16-31-29)6-8-25-28(27)37-15-20-14-34(2)10-11-36(20)25/h4-9,12-13,16-17,20H,10-11,14-15H2,1-3H3,(H,30,31,33). The molecular formula is C29H29N7O2. The topological polar surface area (TPSA) is 80.6 Å². The number of anilines is 3. The van der Waals surface area contributed by atoms with Crippen LogP contribution in [0.1, 0.15) is 5.56 Å². The first kappa shape index (κ1) is 22.8. The largest absolute Gasteiger partial charge is 0.488 e. The highest BCUT2D eigenvalue weighted by molar-refractivity contribution is 6.00. The van der Waals surface area contributed by atoms with Gasteiger partial charge in [0.2, 0.25) is 0 Å². The molecule has 0 aliphatic carbocycles. The van der Waals surface area contributed by atoms with Crippen LogP contribution in [-0.2, 0) is 7.05 Å². The van der Waals surface area contributed by atoms with Gasteiger partial charge in [-0.2, -0.15) is 0 Å². The number of rotatable bonds is 4. The third kappa shape index (κ3) is 3.86. The molecule has 2 aliphatic heterocycles. The third-order valence-electron chi connectivity index (χ3n) is 7.51. The number of piperazine rings is 1. The maximum absolute atomic E-state index is 6.36. The van der Waals surface area contributed by atoms with Gasteiger partial charge >= 0.3 is 0 Å². The van der Waals surface area contributed by atoms with Gasteiger partial charge in [0.25, 0.3) is 0 Å². The highest BCUT2D eigenvalue weighted by Crippen LogP contribution is 2.43. The molecule has 1 saturated heterocycles. The van der Waals surface area contributed by atoms with E-state index in [1.165, 1.54) is 0 Å². The fraction of sp³-hybridized carbons (Fsp3) is 0.276. The van der Waals surface area contributed by atoms with Gasteiger partial charge in [-0.3, -0.25) is 0 Å². The summed E-state index contributed by atoms with van der Waals surface area (Å²) in [5.74, 6) is 3.13. The normalized spacial score (nSPS) is 17.2. The van der Waals surface area contributed by atoms with Gasteiger partial charge in [0, 0.05) is 38.4 Å². The smallest absolute Gasteiger partial charge is 0.155 e. The van der Waals surface area contributed by atoms with Gasteiger partial charge in [-0.15, -0.1) is 0 Å². The SMILES string of the molecule is Cc1cc(Nc2ncnc3ccc4c(c23)OCC2CN(C)CCN42)ccc1Oc1ccc2c(c1)ncn2C. The van der Waals surface area contributed by atoms with Crippen molar-refractivity contribution in [1.82, 2.24) is 24.4 Å². The summed E-state index contributed by atoms with van der Waals surface area (Å²) in [6.07, 6.45) is 3.40. The number of nitrogens with one attached hydrogen (secondary N) is 1. The molecular weight excluding hydrogens is 478 g/mol. The van der Waals surface area contributed by atoms with Crippen LogP contribution in [0.15, 0.2) is 61.2 Å². The maximum atomic E-state index is 6.36. The van der Waals surface area contributed by atoms with Crippen molar-refractivity contribution < 1.29 is 9.47 Å². The summed E-state index contributed by atoms with van der Waals surface area (Å²) < 4.78 is 14.6. The molecule has 9 nitrogen and oxygen atoms in total. The van der Waals surface area contributed by atoms with Gasteiger partial charge in [0.05, 0.1) is 40.0 Å². The molecule has 1 atom stereocenters. The van der Waals surface area contributed by atoms with Crippen molar-refractivity contribution in [3.05, 3.63) is 66.7 Å². The number of fused-ring (bicyclic) bond motifs is 6. The van der Waals surface area contributed by atoms with E-state index in [4.69, 9.17) is 9.47 Å². The lowest BCUT2D eigenvalue weighted by molar-refractivity contribution is 0.190. The van der Waals surface area contributed by atoms with E-state index < -0.39 is 0 Å². The number of aromatic nitrogens is 4. The summed E-state index contributed by atoms with van der Waals surface area (Å²) in [7, 11) is 4.15. The number of likely N-dealkylation sites (N-methyl/N-ethyl adjacent to an activating group) is 1. The van der Waals surface area contributed by atoms with Crippen molar-refractivity contribution in [3.8, 4) is 17.2 Å². The van der Waals surface area contributed by atoms with Crippen LogP contribution in [0.4, 0.5) is 17.2 Å². The third-order valence-corrected chi connectivity index (χ3v) is 7.51. The Morgan fingerprint density at radius 1 is 0.974 bits per heavy atom. The van der Waals surface area contributed by atoms with Gasteiger partial charge in [0.1, 0.15) is 30.3 Å². The minimum Gasteiger partial charge on any atom is -0.488 e. The van der Waals surface area contributed by atoms with Crippen LogP contribution in [0.2, 0.25) is 0 Å². The Morgan fingerprint density at radius 3 is 2.79 bits per heavy atom. The molecule has 5 aromatic rings. The van der Waals surface area contributed by atoms with E-state index in [1.54, 1.807) is 6.33 Å². The molecule has 4 heterocycles. The fourth-order valence-electron chi connectivity index (χ4n) is 5.51. The second-order valence-corrected chi connectivity index (χ2v) is 10.2. The average Bonchev–Trinajstić information content (AvgIpc) is 3.29. The molecule has 0 radical (unpaired) electrons. The quantitative estimate of drug-likeness (QED) is 0.369. The summed E-state index contributed by atoms with van der Waals surface area (Å²) >= 11 is 0. The van der Waals surface area contributed by atoms with Crippen LogP contribution in [0.5, 0.6) is 17.2 Å². The second-order valence-electron chi connectivity index (χ2n) is 10.2. The lowest BCUT2D eigenvalue weighted by Gasteiger charge is -2.44. The zero-order valence-corrected chi connectivity index (χ0v) is 21.7.